The minimum Gasteiger partial charge on any atom is -0.543 e. The smallest absolute Gasteiger partial charge is 0.278 e. The van der Waals surface area contributed by atoms with Gasteiger partial charge in [0, 0.05) is 35.0 Å². The number of amides is 3. The number of anilines is 1. The van der Waals surface area contributed by atoms with Crippen molar-refractivity contribution in [3.05, 3.63) is 47.2 Å². The van der Waals surface area contributed by atoms with Gasteiger partial charge in [0.2, 0.25) is 17.4 Å². The fourth-order valence-electron chi connectivity index (χ4n) is 3.62. The third kappa shape index (κ3) is 5.39. The molecule has 0 aliphatic carbocycles. The van der Waals surface area contributed by atoms with Gasteiger partial charge in [-0.3, -0.25) is 19.3 Å². The van der Waals surface area contributed by atoms with Crippen molar-refractivity contribution in [3.63, 3.8) is 0 Å². The van der Waals surface area contributed by atoms with Crippen molar-refractivity contribution in [2.75, 3.05) is 11.5 Å². The summed E-state index contributed by atoms with van der Waals surface area (Å²) in [7, 11) is 0. The number of rotatable bonds is 9. The molecular formula is C21H22N8O6S2. The predicted molar refractivity (Wildman–Crippen MR) is 129 cm³/mol. The van der Waals surface area contributed by atoms with Gasteiger partial charge in [-0.2, -0.15) is 9.36 Å². The van der Waals surface area contributed by atoms with Gasteiger partial charge in [0.1, 0.15) is 17.5 Å². The van der Waals surface area contributed by atoms with E-state index in [2.05, 4.69) is 19.8 Å². The Labute approximate surface area is 218 Å². The van der Waals surface area contributed by atoms with Crippen molar-refractivity contribution in [1.82, 2.24) is 19.6 Å². The molecule has 4 heterocycles. The van der Waals surface area contributed by atoms with E-state index >= 15 is 0 Å². The Balaban J connectivity index is 1.52. The lowest BCUT2D eigenvalue weighted by Crippen LogP contribution is -2.71. The fraction of sp³-hybridized carbons (Fsp3) is 0.333. The summed E-state index contributed by atoms with van der Waals surface area (Å²) < 4.78 is 5.63. The quantitative estimate of drug-likeness (QED) is 0.133. The number of nitrogens with one attached hydrogen (secondary N) is 1. The molecule has 2 aliphatic heterocycles. The van der Waals surface area contributed by atoms with Gasteiger partial charge in [0.25, 0.3) is 11.8 Å². The Bertz CT molecular complexity index is 1320. The number of carbonyl (C=O) groups excluding carboxylic acids is 4. The molecule has 16 heteroatoms. The Morgan fingerprint density at radius 2 is 2.05 bits per heavy atom. The lowest BCUT2D eigenvalue weighted by atomic mass is 10.0. The number of carboxylic acids is 1. The highest BCUT2D eigenvalue weighted by atomic mass is 32.2. The molecule has 2 aromatic rings. The number of nitrogens with zero attached hydrogens (tertiary/aromatic N) is 5. The molecule has 0 aromatic carbocycles. The number of fused-ring (bicyclic) bond motifs is 1. The molecule has 1 unspecified atom stereocenters. The molecule has 14 nitrogen and oxygen atoms in total. The number of nitrogen functional groups attached to an aromatic ring is 1. The zero-order valence-electron chi connectivity index (χ0n) is 19.6. The molecule has 5 N–H and O–H groups in total. The van der Waals surface area contributed by atoms with Gasteiger partial charge in [0.15, 0.2) is 24.1 Å². The van der Waals surface area contributed by atoms with Crippen molar-refractivity contribution in [1.29, 1.82) is 0 Å². The topological polar surface area (TPSA) is 210 Å². The van der Waals surface area contributed by atoms with Crippen LogP contribution in [0.2, 0.25) is 0 Å². The van der Waals surface area contributed by atoms with E-state index in [4.69, 9.17) is 16.3 Å². The van der Waals surface area contributed by atoms with E-state index in [9.17, 15) is 24.3 Å². The number of aromatic nitrogens is 3. The molecule has 0 bridgehead atoms. The molecule has 4 rings (SSSR count). The molecule has 0 saturated carbocycles. The van der Waals surface area contributed by atoms with Gasteiger partial charge >= 0.3 is 0 Å². The van der Waals surface area contributed by atoms with Crippen LogP contribution in [0.5, 0.6) is 0 Å². The molecule has 2 aliphatic rings. The van der Waals surface area contributed by atoms with Crippen molar-refractivity contribution >= 4 is 57.8 Å². The SMILES string of the molecule is CC(C)ON=C(C(=O)NC1C(=O)N2C(C(=O)[O-])=C(C[n+]3ccc(C(N)=O)cc3)CS[C@@H]12)c1nsc(N)n1. The Hall–Kier alpha value is -4.05. The average Bonchev–Trinajstić information content (AvgIpc) is 3.28. The number of carbonyl (C=O) groups is 4. The maximum atomic E-state index is 13.0. The second-order valence-corrected chi connectivity index (χ2v) is 10.2. The highest BCUT2D eigenvalue weighted by molar-refractivity contribution is 8.00. The predicted octanol–water partition coefficient (Wildman–Crippen LogP) is -2.26. The van der Waals surface area contributed by atoms with E-state index in [0.717, 1.165) is 16.4 Å². The highest BCUT2D eigenvalue weighted by Gasteiger charge is 2.53. The van der Waals surface area contributed by atoms with E-state index in [-0.39, 0.29) is 40.8 Å². The summed E-state index contributed by atoms with van der Waals surface area (Å²) in [5.41, 5.74) is 11.1. The van der Waals surface area contributed by atoms with E-state index in [0.29, 0.717) is 11.1 Å². The number of hydrogen-bond acceptors (Lipinski definition) is 12. The molecule has 2 aromatic heterocycles. The molecule has 1 saturated heterocycles. The van der Waals surface area contributed by atoms with Gasteiger partial charge in [-0.15, -0.1) is 11.8 Å². The minimum atomic E-state index is -1.51. The summed E-state index contributed by atoms with van der Waals surface area (Å²) in [6.45, 7) is 3.57. The van der Waals surface area contributed by atoms with E-state index in [1.807, 2.05) is 0 Å². The number of carboxylic acid groups (broad SMARTS) is 1. The molecule has 0 radical (unpaired) electrons. The molecule has 1 fully saturated rings. The first-order chi connectivity index (χ1) is 17.6. The standard InChI is InChI=1S/C21H22N8O6S2/c1-9(2)35-26-12(16-25-21(23)37-27-16)17(31)24-13-18(32)29-14(20(33)34)11(8-36-19(13)29)7-28-5-3-10(4-6-28)15(22)30/h3-6,9,13,19H,7-8H2,1-2H3,(H5-,22,23,24,25,27,30,31,33,34)/t13?,19-/m0/s1. The highest BCUT2D eigenvalue weighted by Crippen LogP contribution is 2.40. The first-order valence-corrected chi connectivity index (χ1v) is 12.7. The van der Waals surface area contributed by atoms with Crippen LogP contribution in [0.3, 0.4) is 0 Å². The summed E-state index contributed by atoms with van der Waals surface area (Å²) in [6, 6.07) is 2.00. The number of pyridine rings is 1. The number of nitrogens with two attached hydrogens (primary N) is 2. The summed E-state index contributed by atoms with van der Waals surface area (Å²) in [5, 5.41) is 17.9. The first-order valence-electron chi connectivity index (χ1n) is 10.9. The Morgan fingerprint density at radius 1 is 1.35 bits per heavy atom. The lowest BCUT2D eigenvalue weighted by molar-refractivity contribution is -0.689. The van der Waals surface area contributed by atoms with E-state index in [1.165, 1.54) is 23.9 Å². The van der Waals surface area contributed by atoms with Crippen LogP contribution in [-0.4, -0.2) is 66.9 Å². The Morgan fingerprint density at radius 3 is 2.62 bits per heavy atom. The van der Waals surface area contributed by atoms with Crippen LogP contribution in [-0.2, 0) is 25.8 Å². The maximum absolute atomic E-state index is 13.0. The van der Waals surface area contributed by atoms with Gasteiger partial charge < -0.3 is 31.5 Å². The number of thioether (sulfide) groups is 1. The monoisotopic (exact) mass is 546 g/mol. The molecule has 37 heavy (non-hydrogen) atoms. The Kier molecular flexibility index (Phi) is 7.40. The van der Waals surface area contributed by atoms with Crippen LogP contribution in [0.1, 0.15) is 30.0 Å². The third-order valence-corrected chi connectivity index (χ3v) is 7.18. The van der Waals surface area contributed by atoms with Gasteiger partial charge in [-0.05, 0) is 13.8 Å². The van der Waals surface area contributed by atoms with Gasteiger partial charge in [0.05, 0.1) is 17.2 Å². The number of aliphatic carboxylic acids is 1. The largest absolute Gasteiger partial charge is 0.543 e. The van der Waals surface area contributed by atoms with Crippen molar-refractivity contribution in [2.24, 2.45) is 10.9 Å². The zero-order valence-corrected chi connectivity index (χ0v) is 21.2. The summed E-state index contributed by atoms with van der Waals surface area (Å²) >= 11 is 2.15. The van der Waals surface area contributed by atoms with Crippen LogP contribution in [0.15, 0.2) is 41.0 Å². The lowest BCUT2D eigenvalue weighted by Gasteiger charge is -2.50. The second kappa shape index (κ2) is 10.5. The molecule has 0 spiro atoms. The number of primary amides is 1. The van der Waals surface area contributed by atoms with Crippen LogP contribution in [0.25, 0.3) is 0 Å². The first kappa shape index (κ1) is 26.0. The number of hydrogen-bond donors (Lipinski definition) is 3. The summed E-state index contributed by atoms with van der Waals surface area (Å²) in [6.07, 6.45) is 2.82. The van der Waals surface area contributed by atoms with Crippen LogP contribution < -0.4 is 26.5 Å². The average molecular weight is 547 g/mol. The normalized spacial score (nSPS) is 19.4. The van der Waals surface area contributed by atoms with Crippen molar-refractivity contribution in [3.8, 4) is 0 Å². The summed E-state index contributed by atoms with van der Waals surface area (Å²) in [4.78, 5) is 59.5. The molecule has 194 valence electrons. The molecule has 3 amide bonds. The third-order valence-electron chi connectivity index (χ3n) is 5.30. The maximum Gasteiger partial charge on any atom is 0.278 e. The zero-order chi connectivity index (χ0) is 26.9. The fourth-order valence-corrected chi connectivity index (χ4v) is 5.39. The van der Waals surface area contributed by atoms with E-state index < -0.39 is 35.1 Å². The van der Waals surface area contributed by atoms with Crippen molar-refractivity contribution in [2.45, 2.75) is 37.9 Å². The second-order valence-electron chi connectivity index (χ2n) is 8.27. The minimum absolute atomic E-state index is 0.0578. The number of oxime groups is 1. The van der Waals surface area contributed by atoms with Gasteiger partial charge in [-0.1, -0.05) is 5.16 Å². The van der Waals surface area contributed by atoms with E-state index in [1.54, 1.807) is 30.8 Å². The van der Waals surface area contributed by atoms with Crippen LogP contribution >= 0.6 is 23.3 Å². The summed E-state index contributed by atoms with van der Waals surface area (Å²) in [5.74, 6) is -3.29. The van der Waals surface area contributed by atoms with Crippen LogP contribution in [0, 0.1) is 0 Å². The molecule has 2 atom stereocenters. The molecular weight excluding hydrogens is 524 g/mol. The number of β-lactam (4-membered cyclic amide) rings is 1. The van der Waals surface area contributed by atoms with Gasteiger partial charge in [-0.25, -0.2) is 4.57 Å². The van der Waals surface area contributed by atoms with Crippen molar-refractivity contribution < 1.29 is 33.7 Å². The van der Waals surface area contributed by atoms with Crippen LogP contribution in [0.4, 0.5) is 5.13 Å².